The van der Waals surface area contributed by atoms with Gasteiger partial charge in [-0.15, -0.1) is 0 Å². The summed E-state index contributed by atoms with van der Waals surface area (Å²) in [5, 5.41) is 0. The Kier molecular flexibility index (Phi) is 3.49. The average molecular weight is 266 g/mol. The molecule has 102 valence electrons. The zero-order valence-electron chi connectivity index (χ0n) is 11.2. The van der Waals surface area contributed by atoms with Crippen LogP contribution in [0.15, 0.2) is 30.6 Å². The van der Waals surface area contributed by atoms with Crippen molar-refractivity contribution in [1.82, 2.24) is 9.97 Å². The molecule has 5 heteroatoms. The molecule has 0 unspecified atom stereocenters. The van der Waals surface area contributed by atoms with Crippen molar-refractivity contribution in [2.45, 2.75) is 33.5 Å². The number of alkyl halides is 2. The van der Waals surface area contributed by atoms with E-state index in [-0.39, 0.29) is 6.61 Å². The van der Waals surface area contributed by atoms with Crippen LogP contribution in [0.25, 0.3) is 11.0 Å². The third-order valence-electron chi connectivity index (χ3n) is 2.83. The van der Waals surface area contributed by atoms with E-state index in [0.29, 0.717) is 11.1 Å². The first-order valence-electron chi connectivity index (χ1n) is 6.01. The van der Waals surface area contributed by atoms with E-state index >= 15 is 0 Å². The number of halogens is 2. The molecule has 0 saturated carbocycles. The van der Waals surface area contributed by atoms with E-state index in [4.69, 9.17) is 4.74 Å². The molecule has 0 amide bonds. The SMILES string of the molecule is CC(C)(C)C(F)(F)OCc1ccc2nccnc2c1. The minimum absolute atomic E-state index is 0.156. The second-order valence-electron chi connectivity index (χ2n) is 5.43. The molecule has 0 aliphatic heterocycles. The van der Waals surface area contributed by atoms with E-state index in [1.807, 2.05) is 0 Å². The number of hydrogen-bond donors (Lipinski definition) is 0. The zero-order chi connectivity index (χ0) is 14.1. The molecule has 1 heterocycles. The summed E-state index contributed by atoms with van der Waals surface area (Å²) in [7, 11) is 0. The van der Waals surface area contributed by atoms with Gasteiger partial charge in [0.25, 0.3) is 0 Å². The zero-order valence-corrected chi connectivity index (χ0v) is 11.2. The van der Waals surface area contributed by atoms with Crippen LogP contribution in [-0.4, -0.2) is 16.1 Å². The van der Waals surface area contributed by atoms with Crippen molar-refractivity contribution in [3.05, 3.63) is 36.2 Å². The highest BCUT2D eigenvalue weighted by Gasteiger charge is 2.44. The van der Waals surface area contributed by atoms with Crippen molar-refractivity contribution in [3.8, 4) is 0 Å². The Hall–Kier alpha value is -1.62. The Bertz CT molecular complexity index is 579. The minimum atomic E-state index is -3.18. The summed E-state index contributed by atoms with van der Waals surface area (Å²) in [6.07, 6.45) is -0.0205. The fourth-order valence-electron chi connectivity index (χ4n) is 1.49. The van der Waals surface area contributed by atoms with E-state index < -0.39 is 11.5 Å². The lowest BCUT2D eigenvalue weighted by atomic mass is 9.95. The van der Waals surface area contributed by atoms with Gasteiger partial charge in [-0.25, -0.2) is 0 Å². The second-order valence-corrected chi connectivity index (χ2v) is 5.43. The van der Waals surface area contributed by atoms with Gasteiger partial charge in [-0.05, 0) is 17.7 Å². The Labute approximate surface area is 110 Å². The minimum Gasteiger partial charge on any atom is -0.315 e. The number of nitrogens with zero attached hydrogens (tertiary/aromatic N) is 2. The molecule has 0 N–H and O–H groups in total. The molecule has 19 heavy (non-hydrogen) atoms. The fraction of sp³-hybridized carbons (Fsp3) is 0.429. The van der Waals surface area contributed by atoms with E-state index in [9.17, 15) is 8.78 Å². The van der Waals surface area contributed by atoms with Crippen molar-refractivity contribution < 1.29 is 13.5 Å². The fourth-order valence-corrected chi connectivity index (χ4v) is 1.49. The van der Waals surface area contributed by atoms with Crippen LogP contribution in [0, 0.1) is 5.41 Å². The van der Waals surface area contributed by atoms with E-state index in [2.05, 4.69) is 9.97 Å². The van der Waals surface area contributed by atoms with Gasteiger partial charge in [0.1, 0.15) is 0 Å². The molecular weight excluding hydrogens is 250 g/mol. The molecule has 0 bridgehead atoms. The lowest BCUT2D eigenvalue weighted by Crippen LogP contribution is -2.36. The maximum absolute atomic E-state index is 13.7. The van der Waals surface area contributed by atoms with Gasteiger partial charge in [-0.3, -0.25) is 9.97 Å². The van der Waals surface area contributed by atoms with Crippen LogP contribution < -0.4 is 0 Å². The van der Waals surface area contributed by atoms with Gasteiger partial charge in [0, 0.05) is 12.4 Å². The predicted octanol–water partition coefficient (Wildman–Crippen LogP) is 3.79. The molecule has 2 rings (SSSR count). The van der Waals surface area contributed by atoms with Crippen molar-refractivity contribution in [3.63, 3.8) is 0 Å². The highest BCUT2D eigenvalue weighted by atomic mass is 19.3. The lowest BCUT2D eigenvalue weighted by Gasteiger charge is -2.29. The van der Waals surface area contributed by atoms with Crippen LogP contribution >= 0.6 is 0 Å². The monoisotopic (exact) mass is 266 g/mol. The van der Waals surface area contributed by atoms with Gasteiger partial charge >= 0.3 is 6.11 Å². The van der Waals surface area contributed by atoms with Crippen molar-refractivity contribution in [2.75, 3.05) is 0 Å². The molecule has 1 aromatic heterocycles. The maximum Gasteiger partial charge on any atom is 0.360 e. The number of rotatable bonds is 3. The average Bonchev–Trinajstić information content (AvgIpc) is 2.35. The van der Waals surface area contributed by atoms with Crippen LogP contribution in [0.2, 0.25) is 0 Å². The Morgan fingerprint density at radius 1 is 1.05 bits per heavy atom. The summed E-state index contributed by atoms with van der Waals surface area (Å²) in [6, 6.07) is 5.17. The normalized spacial score (nSPS) is 12.9. The topological polar surface area (TPSA) is 35.0 Å². The van der Waals surface area contributed by atoms with Gasteiger partial charge in [0.05, 0.1) is 23.1 Å². The lowest BCUT2D eigenvalue weighted by molar-refractivity contribution is -0.300. The maximum atomic E-state index is 13.7. The van der Waals surface area contributed by atoms with E-state index in [1.54, 1.807) is 30.6 Å². The first kappa shape index (κ1) is 13.8. The molecule has 0 atom stereocenters. The molecule has 0 radical (unpaired) electrons. The molecule has 1 aromatic carbocycles. The molecule has 0 fully saturated rings. The smallest absolute Gasteiger partial charge is 0.315 e. The van der Waals surface area contributed by atoms with E-state index in [1.165, 1.54) is 20.8 Å². The van der Waals surface area contributed by atoms with Gasteiger partial charge in [-0.2, -0.15) is 8.78 Å². The summed E-state index contributed by atoms with van der Waals surface area (Å²) in [6.45, 7) is 4.17. The Morgan fingerprint density at radius 2 is 1.68 bits per heavy atom. The summed E-state index contributed by atoms with van der Waals surface area (Å²) < 4.78 is 32.1. The largest absolute Gasteiger partial charge is 0.360 e. The van der Waals surface area contributed by atoms with Crippen LogP contribution in [0.4, 0.5) is 8.78 Å². The number of benzene rings is 1. The van der Waals surface area contributed by atoms with Gasteiger partial charge in [-0.1, -0.05) is 26.8 Å². The summed E-state index contributed by atoms with van der Waals surface area (Å²) in [5.41, 5.74) is 0.817. The second kappa shape index (κ2) is 4.81. The van der Waals surface area contributed by atoms with Crippen LogP contribution in [0.5, 0.6) is 0 Å². The van der Waals surface area contributed by atoms with Crippen molar-refractivity contribution in [2.24, 2.45) is 5.41 Å². The molecule has 0 spiro atoms. The predicted molar refractivity (Wildman–Crippen MR) is 68.7 cm³/mol. The highest BCUT2D eigenvalue weighted by Crippen LogP contribution is 2.37. The Balaban J connectivity index is 2.14. The molecule has 0 saturated heterocycles. The summed E-state index contributed by atoms with van der Waals surface area (Å²) in [5.74, 6) is 0. The number of fused-ring (bicyclic) bond motifs is 1. The first-order valence-corrected chi connectivity index (χ1v) is 6.01. The standard InChI is InChI=1S/C14H16F2N2O/c1-13(2,3)14(15,16)19-9-10-4-5-11-12(8-10)18-7-6-17-11/h4-8H,9H2,1-3H3. The molecule has 0 aliphatic rings. The van der Waals surface area contributed by atoms with Gasteiger partial charge < -0.3 is 4.74 Å². The molecule has 2 aromatic rings. The van der Waals surface area contributed by atoms with Crippen molar-refractivity contribution >= 4 is 11.0 Å². The number of aromatic nitrogens is 2. The third-order valence-corrected chi connectivity index (χ3v) is 2.83. The first-order chi connectivity index (χ1) is 8.79. The third kappa shape index (κ3) is 3.04. The van der Waals surface area contributed by atoms with Crippen LogP contribution in [0.1, 0.15) is 26.3 Å². The van der Waals surface area contributed by atoms with E-state index in [0.717, 1.165) is 5.52 Å². The van der Waals surface area contributed by atoms with Crippen LogP contribution in [0.3, 0.4) is 0 Å². The van der Waals surface area contributed by atoms with Crippen molar-refractivity contribution in [1.29, 1.82) is 0 Å². The quantitative estimate of drug-likeness (QED) is 0.847. The number of hydrogen-bond acceptors (Lipinski definition) is 3. The van der Waals surface area contributed by atoms with Gasteiger partial charge in [0.2, 0.25) is 0 Å². The summed E-state index contributed by atoms with van der Waals surface area (Å²) in [4.78, 5) is 8.25. The Morgan fingerprint density at radius 3 is 2.32 bits per heavy atom. The highest BCUT2D eigenvalue weighted by molar-refractivity contribution is 5.74. The summed E-state index contributed by atoms with van der Waals surface area (Å²) >= 11 is 0. The number of ether oxygens (including phenoxy) is 1. The molecule has 3 nitrogen and oxygen atoms in total. The molecular formula is C14H16F2N2O. The molecule has 0 aliphatic carbocycles. The van der Waals surface area contributed by atoms with Crippen LogP contribution in [-0.2, 0) is 11.3 Å². The van der Waals surface area contributed by atoms with Gasteiger partial charge in [0.15, 0.2) is 0 Å².